The molecule has 96 valence electrons. The fraction of sp³-hybridized carbons (Fsp3) is 0.846. The van der Waals surface area contributed by atoms with Crippen LogP contribution >= 0.6 is 0 Å². The van der Waals surface area contributed by atoms with Gasteiger partial charge in [-0.05, 0) is 31.6 Å². The van der Waals surface area contributed by atoms with Gasteiger partial charge in [0.1, 0.15) is 0 Å². The van der Waals surface area contributed by atoms with E-state index in [0.717, 1.165) is 25.3 Å². The van der Waals surface area contributed by atoms with Crippen LogP contribution in [0.4, 0.5) is 0 Å². The average Bonchev–Trinajstić information content (AvgIpc) is 2.99. The Balaban J connectivity index is 1.76. The van der Waals surface area contributed by atoms with Gasteiger partial charge in [-0.15, -0.1) is 0 Å². The third-order valence-electron chi connectivity index (χ3n) is 4.08. The zero-order chi connectivity index (χ0) is 12.4. The molecule has 0 saturated heterocycles. The molecule has 0 spiro atoms. The van der Waals surface area contributed by atoms with Crippen LogP contribution in [0, 0.1) is 17.8 Å². The van der Waals surface area contributed by atoms with Crippen molar-refractivity contribution in [2.24, 2.45) is 17.8 Å². The molecule has 1 amide bonds. The van der Waals surface area contributed by atoms with Gasteiger partial charge in [0.05, 0.1) is 5.92 Å². The van der Waals surface area contributed by atoms with Crippen LogP contribution in [-0.2, 0) is 9.59 Å². The highest BCUT2D eigenvalue weighted by Gasteiger charge is 2.35. The SMILES string of the molecule is CN(CCC1CC1)C(=O)[C@@H]1CC[C@H](C(=O)O)C1. The number of aliphatic carboxylic acids is 1. The van der Waals surface area contributed by atoms with Gasteiger partial charge < -0.3 is 10.0 Å². The molecule has 2 rings (SSSR count). The fourth-order valence-corrected chi connectivity index (χ4v) is 2.63. The van der Waals surface area contributed by atoms with E-state index < -0.39 is 5.97 Å². The second-order valence-electron chi connectivity index (χ2n) is 5.54. The summed E-state index contributed by atoms with van der Waals surface area (Å²) in [7, 11) is 1.85. The predicted octanol–water partition coefficient (Wildman–Crippen LogP) is 1.75. The summed E-state index contributed by atoms with van der Waals surface area (Å²) in [5.74, 6) is -0.128. The lowest BCUT2D eigenvalue weighted by Gasteiger charge is -2.20. The Kier molecular flexibility index (Phi) is 3.69. The van der Waals surface area contributed by atoms with E-state index in [1.54, 1.807) is 4.90 Å². The highest BCUT2D eigenvalue weighted by molar-refractivity contribution is 5.80. The zero-order valence-corrected chi connectivity index (χ0v) is 10.4. The molecule has 0 heterocycles. The number of hydrogen-bond acceptors (Lipinski definition) is 2. The van der Waals surface area contributed by atoms with E-state index in [1.165, 1.54) is 12.8 Å². The summed E-state index contributed by atoms with van der Waals surface area (Å²) in [6, 6.07) is 0. The third-order valence-corrected chi connectivity index (χ3v) is 4.08. The number of hydrogen-bond donors (Lipinski definition) is 1. The van der Waals surface area contributed by atoms with E-state index >= 15 is 0 Å². The van der Waals surface area contributed by atoms with E-state index in [9.17, 15) is 9.59 Å². The van der Waals surface area contributed by atoms with Crippen molar-refractivity contribution in [1.29, 1.82) is 0 Å². The second kappa shape index (κ2) is 5.07. The number of carboxylic acid groups (broad SMARTS) is 1. The van der Waals surface area contributed by atoms with E-state index in [0.29, 0.717) is 12.8 Å². The first-order chi connectivity index (χ1) is 8.08. The zero-order valence-electron chi connectivity index (χ0n) is 10.4. The molecule has 2 fully saturated rings. The standard InChI is InChI=1S/C13H21NO3/c1-14(7-6-9-2-3-9)12(15)10-4-5-11(8-10)13(16)17/h9-11H,2-8H2,1H3,(H,16,17)/t10-,11+/m1/s1. The van der Waals surface area contributed by atoms with Crippen molar-refractivity contribution in [2.45, 2.75) is 38.5 Å². The molecular formula is C13H21NO3. The van der Waals surface area contributed by atoms with E-state index in [-0.39, 0.29) is 17.7 Å². The molecule has 0 aromatic heterocycles. The van der Waals surface area contributed by atoms with Crippen molar-refractivity contribution in [1.82, 2.24) is 4.90 Å². The molecule has 4 nitrogen and oxygen atoms in total. The molecule has 0 bridgehead atoms. The molecule has 0 unspecified atom stereocenters. The first kappa shape index (κ1) is 12.4. The average molecular weight is 239 g/mol. The van der Waals surface area contributed by atoms with Gasteiger partial charge in [0.15, 0.2) is 0 Å². The molecule has 0 radical (unpaired) electrons. The van der Waals surface area contributed by atoms with E-state index in [2.05, 4.69) is 0 Å². The summed E-state index contributed by atoms with van der Waals surface area (Å²) >= 11 is 0. The van der Waals surface area contributed by atoms with Crippen molar-refractivity contribution in [3.63, 3.8) is 0 Å². The van der Waals surface area contributed by atoms with Gasteiger partial charge in [-0.1, -0.05) is 12.8 Å². The van der Waals surface area contributed by atoms with E-state index in [1.807, 2.05) is 7.05 Å². The topological polar surface area (TPSA) is 57.6 Å². The Morgan fingerprint density at radius 1 is 1.18 bits per heavy atom. The largest absolute Gasteiger partial charge is 0.481 e. The summed E-state index contributed by atoms with van der Waals surface area (Å²) in [5, 5.41) is 8.91. The van der Waals surface area contributed by atoms with Gasteiger partial charge in [0.2, 0.25) is 5.91 Å². The van der Waals surface area contributed by atoms with Crippen molar-refractivity contribution in [2.75, 3.05) is 13.6 Å². The molecule has 0 aromatic rings. The maximum Gasteiger partial charge on any atom is 0.306 e. The number of rotatable bonds is 5. The van der Waals surface area contributed by atoms with Crippen LogP contribution in [0.25, 0.3) is 0 Å². The Labute approximate surface area is 102 Å². The maximum absolute atomic E-state index is 12.1. The van der Waals surface area contributed by atoms with Crippen LogP contribution in [-0.4, -0.2) is 35.5 Å². The molecule has 2 aliphatic rings. The lowest BCUT2D eigenvalue weighted by molar-refractivity contribution is -0.141. The number of carbonyl (C=O) groups is 2. The van der Waals surface area contributed by atoms with Gasteiger partial charge in [-0.3, -0.25) is 9.59 Å². The summed E-state index contributed by atoms with van der Waals surface area (Å²) in [6.07, 6.45) is 5.66. The Morgan fingerprint density at radius 2 is 1.82 bits per heavy atom. The molecular weight excluding hydrogens is 218 g/mol. The van der Waals surface area contributed by atoms with Gasteiger partial charge >= 0.3 is 5.97 Å². The second-order valence-corrected chi connectivity index (χ2v) is 5.54. The summed E-state index contributed by atoms with van der Waals surface area (Å²) in [4.78, 5) is 24.7. The van der Waals surface area contributed by atoms with Crippen LogP contribution in [0.1, 0.15) is 38.5 Å². The Morgan fingerprint density at radius 3 is 2.35 bits per heavy atom. The van der Waals surface area contributed by atoms with Crippen LogP contribution in [0.2, 0.25) is 0 Å². The Bertz CT molecular complexity index is 312. The van der Waals surface area contributed by atoms with Gasteiger partial charge in [0, 0.05) is 19.5 Å². The van der Waals surface area contributed by atoms with E-state index in [4.69, 9.17) is 5.11 Å². The number of amides is 1. The molecule has 17 heavy (non-hydrogen) atoms. The molecule has 0 aliphatic heterocycles. The normalized spacial score (nSPS) is 28.1. The first-order valence-corrected chi connectivity index (χ1v) is 6.55. The van der Waals surface area contributed by atoms with Gasteiger partial charge in [-0.25, -0.2) is 0 Å². The smallest absolute Gasteiger partial charge is 0.306 e. The van der Waals surface area contributed by atoms with Crippen molar-refractivity contribution < 1.29 is 14.7 Å². The molecule has 2 saturated carbocycles. The highest BCUT2D eigenvalue weighted by Crippen LogP contribution is 2.34. The third kappa shape index (κ3) is 3.20. The van der Waals surface area contributed by atoms with Crippen LogP contribution in [0.15, 0.2) is 0 Å². The molecule has 1 N–H and O–H groups in total. The van der Waals surface area contributed by atoms with Crippen LogP contribution in [0.3, 0.4) is 0 Å². The van der Waals surface area contributed by atoms with Crippen molar-refractivity contribution in [3.05, 3.63) is 0 Å². The first-order valence-electron chi connectivity index (χ1n) is 6.55. The van der Waals surface area contributed by atoms with Crippen molar-refractivity contribution >= 4 is 11.9 Å². The Hall–Kier alpha value is -1.06. The number of nitrogens with zero attached hydrogens (tertiary/aromatic N) is 1. The minimum absolute atomic E-state index is 0.0553. The summed E-state index contributed by atoms with van der Waals surface area (Å²) < 4.78 is 0. The molecule has 0 aromatic carbocycles. The van der Waals surface area contributed by atoms with Gasteiger partial charge in [-0.2, -0.15) is 0 Å². The lowest BCUT2D eigenvalue weighted by atomic mass is 10.0. The van der Waals surface area contributed by atoms with Crippen LogP contribution < -0.4 is 0 Å². The minimum Gasteiger partial charge on any atom is -0.481 e. The minimum atomic E-state index is -0.749. The van der Waals surface area contributed by atoms with Gasteiger partial charge in [0.25, 0.3) is 0 Å². The fourth-order valence-electron chi connectivity index (χ4n) is 2.63. The molecule has 2 atom stereocenters. The maximum atomic E-state index is 12.1. The van der Waals surface area contributed by atoms with Crippen LogP contribution in [0.5, 0.6) is 0 Å². The monoisotopic (exact) mass is 239 g/mol. The highest BCUT2D eigenvalue weighted by atomic mass is 16.4. The van der Waals surface area contributed by atoms with Crippen molar-refractivity contribution in [3.8, 4) is 0 Å². The predicted molar refractivity (Wildman–Crippen MR) is 63.4 cm³/mol. The molecule has 4 heteroatoms. The number of carboxylic acids is 1. The summed E-state index contributed by atoms with van der Waals surface area (Å²) in [5.41, 5.74) is 0. The number of carbonyl (C=O) groups excluding carboxylic acids is 1. The molecule has 2 aliphatic carbocycles. The lowest BCUT2D eigenvalue weighted by Crippen LogP contribution is -2.33. The quantitative estimate of drug-likeness (QED) is 0.795. The summed E-state index contributed by atoms with van der Waals surface area (Å²) in [6.45, 7) is 0.831.